The predicted molar refractivity (Wildman–Crippen MR) is 102 cm³/mol. The maximum absolute atomic E-state index is 12.3. The molecule has 4 nitrogen and oxygen atoms in total. The third-order valence-electron chi connectivity index (χ3n) is 5.35. The SMILES string of the molecule is O=C(NC[C@@H]1CCCO1)c1ccc(CN2CCc3ccccc3C2)cc1. The zero-order valence-electron chi connectivity index (χ0n) is 15.1. The van der Waals surface area contributed by atoms with E-state index in [0.29, 0.717) is 6.54 Å². The van der Waals surface area contributed by atoms with E-state index >= 15 is 0 Å². The Kier molecular flexibility index (Phi) is 5.32. The van der Waals surface area contributed by atoms with Gasteiger partial charge in [-0.2, -0.15) is 0 Å². The monoisotopic (exact) mass is 350 g/mol. The quantitative estimate of drug-likeness (QED) is 0.901. The van der Waals surface area contributed by atoms with Gasteiger partial charge in [-0.1, -0.05) is 36.4 Å². The summed E-state index contributed by atoms with van der Waals surface area (Å²) in [6.07, 6.45) is 3.43. The van der Waals surface area contributed by atoms with Gasteiger partial charge in [-0.3, -0.25) is 9.69 Å². The van der Waals surface area contributed by atoms with Gasteiger partial charge in [0, 0.05) is 38.3 Å². The van der Waals surface area contributed by atoms with Crippen LogP contribution in [0.1, 0.15) is 39.9 Å². The Morgan fingerprint density at radius 2 is 1.92 bits per heavy atom. The van der Waals surface area contributed by atoms with Crippen molar-refractivity contribution in [1.29, 1.82) is 0 Å². The number of rotatable bonds is 5. The molecule has 2 aliphatic rings. The summed E-state index contributed by atoms with van der Waals surface area (Å²) in [5, 5.41) is 2.98. The highest BCUT2D eigenvalue weighted by molar-refractivity contribution is 5.94. The first-order valence-corrected chi connectivity index (χ1v) is 9.56. The second-order valence-corrected chi connectivity index (χ2v) is 7.27. The molecule has 1 saturated heterocycles. The number of ether oxygens (including phenoxy) is 1. The van der Waals surface area contributed by atoms with Crippen molar-refractivity contribution >= 4 is 5.91 Å². The molecule has 2 heterocycles. The van der Waals surface area contributed by atoms with Gasteiger partial charge in [0.2, 0.25) is 0 Å². The Morgan fingerprint density at radius 3 is 2.69 bits per heavy atom. The van der Waals surface area contributed by atoms with E-state index in [0.717, 1.165) is 51.1 Å². The molecule has 136 valence electrons. The molecule has 2 aromatic carbocycles. The fourth-order valence-corrected chi connectivity index (χ4v) is 3.82. The van der Waals surface area contributed by atoms with Gasteiger partial charge in [0.05, 0.1) is 6.10 Å². The predicted octanol–water partition coefficient (Wildman–Crippen LogP) is 3.15. The second kappa shape index (κ2) is 8.02. The third kappa shape index (κ3) is 4.14. The van der Waals surface area contributed by atoms with Gasteiger partial charge in [0.1, 0.15) is 0 Å². The van der Waals surface area contributed by atoms with Gasteiger partial charge >= 0.3 is 0 Å². The molecule has 4 rings (SSSR count). The largest absolute Gasteiger partial charge is 0.376 e. The van der Waals surface area contributed by atoms with E-state index in [9.17, 15) is 4.79 Å². The first kappa shape index (κ1) is 17.3. The lowest BCUT2D eigenvalue weighted by atomic mass is 9.99. The van der Waals surface area contributed by atoms with E-state index in [1.54, 1.807) is 0 Å². The van der Waals surface area contributed by atoms with Crippen LogP contribution in [0.15, 0.2) is 48.5 Å². The Hall–Kier alpha value is -2.17. The topological polar surface area (TPSA) is 41.6 Å². The molecule has 0 bridgehead atoms. The van der Waals surface area contributed by atoms with Crippen LogP contribution in [-0.4, -0.2) is 36.6 Å². The second-order valence-electron chi connectivity index (χ2n) is 7.27. The minimum atomic E-state index is -0.0149. The van der Waals surface area contributed by atoms with E-state index in [4.69, 9.17) is 4.74 Å². The highest BCUT2D eigenvalue weighted by atomic mass is 16.5. The van der Waals surface area contributed by atoms with Crippen LogP contribution in [0.25, 0.3) is 0 Å². The van der Waals surface area contributed by atoms with Gasteiger partial charge in [-0.15, -0.1) is 0 Å². The van der Waals surface area contributed by atoms with Crippen LogP contribution in [0.5, 0.6) is 0 Å². The average Bonchev–Trinajstić information content (AvgIpc) is 3.20. The summed E-state index contributed by atoms with van der Waals surface area (Å²) in [6, 6.07) is 16.7. The van der Waals surface area contributed by atoms with Crippen molar-refractivity contribution in [2.45, 2.75) is 38.5 Å². The molecule has 0 spiro atoms. The minimum Gasteiger partial charge on any atom is -0.376 e. The number of hydrogen-bond acceptors (Lipinski definition) is 3. The Labute approximate surface area is 155 Å². The van der Waals surface area contributed by atoms with E-state index in [2.05, 4.69) is 46.6 Å². The van der Waals surface area contributed by atoms with Crippen LogP contribution < -0.4 is 5.32 Å². The lowest BCUT2D eigenvalue weighted by molar-refractivity contribution is 0.0858. The van der Waals surface area contributed by atoms with Crippen LogP contribution in [0.4, 0.5) is 0 Å². The lowest BCUT2D eigenvalue weighted by Crippen LogP contribution is -2.32. The standard InChI is InChI=1S/C22H26N2O2/c25-22(23-14-21-6-3-13-26-21)19-9-7-17(8-10-19)15-24-12-11-18-4-1-2-5-20(18)16-24/h1-2,4-5,7-10,21H,3,6,11-16H2,(H,23,25)/t21-/m0/s1. The maximum atomic E-state index is 12.3. The molecule has 26 heavy (non-hydrogen) atoms. The van der Waals surface area contributed by atoms with Crippen molar-refractivity contribution in [3.05, 3.63) is 70.8 Å². The smallest absolute Gasteiger partial charge is 0.251 e. The minimum absolute atomic E-state index is 0.0149. The van der Waals surface area contributed by atoms with E-state index in [-0.39, 0.29) is 12.0 Å². The number of amides is 1. The number of hydrogen-bond donors (Lipinski definition) is 1. The molecule has 2 aliphatic heterocycles. The molecule has 1 N–H and O–H groups in total. The van der Waals surface area contributed by atoms with Crippen molar-refractivity contribution in [2.24, 2.45) is 0 Å². The van der Waals surface area contributed by atoms with Crippen molar-refractivity contribution < 1.29 is 9.53 Å². The van der Waals surface area contributed by atoms with Crippen LogP contribution >= 0.6 is 0 Å². The summed E-state index contributed by atoms with van der Waals surface area (Å²) in [5.74, 6) is -0.0149. The average molecular weight is 350 g/mol. The van der Waals surface area contributed by atoms with Crippen LogP contribution in [0.2, 0.25) is 0 Å². The fourth-order valence-electron chi connectivity index (χ4n) is 3.82. The van der Waals surface area contributed by atoms with E-state index < -0.39 is 0 Å². The summed E-state index contributed by atoms with van der Waals surface area (Å²) in [6.45, 7) is 4.43. The fraction of sp³-hybridized carbons (Fsp3) is 0.409. The Balaban J connectivity index is 1.31. The maximum Gasteiger partial charge on any atom is 0.251 e. The zero-order valence-corrected chi connectivity index (χ0v) is 15.1. The zero-order chi connectivity index (χ0) is 17.8. The number of carbonyl (C=O) groups is 1. The molecule has 0 aliphatic carbocycles. The highest BCUT2D eigenvalue weighted by Crippen LogP contribution is 2.20. The van der Waals surface area contributed by atoms with Crippen molar-refractivity contribution in [2.75, 3.05) is 19.7 Å². The van der Waals surface area contributed by atoms with Crippen molar-refractivity contribution in [3.8, 4) is 0 Å². The van der Waals surface area contributed by atoms with Gasteiger partial charge in [0.25, 0.3) is 5.91 Å². The number of carbonyl (C=O) groups excluding carboxylic acids is 1. The molecule has 1 fully saturated rings. The molecule has 4 heteroatoms. The summed E-state index contributed by atoms with van der Waals surface area (Å²) >= 11 is 0. The van der Waals surface area contributed by atoms with Crippen LogP contribution in [-0.2, 0) is 24.2 Å². The first-order valence-electron chi connectivity index (χ1n) is 9.56. The number of benzene rings is 2. The molecule has 0 unspecified atom stereocenters. The van der Waals surface area contributed by atoms with Crippen LogP contribution in [0, 0.1) is 0 Å². The molecule has 1 amide bonds. The molecular formula is C22H26N2O2. The summed E-state index contributed by atoms with van der Waals surface area (Å²) < 4.78 is 5.55. The number of nitrogens with one attached hydrogen (secondary N) is 1. The normalized spacial score (nSPS) is 19.9. The number of nitrogens with zero attached hydrogens (tertiary/aromatic N) is 1. The molecule has 0 radical (unpaired) electrons. The summed E-state index contributed by atoms with van der Waals surface area (Å²) in [7, 11) is 0. The van der Waals surface area contributed by atoms with E-state index in [1.165, 1.54) is 16.7 Å². The highest BCUT2D eigenvalue weighted by Gasteiger charge is 2.17. The van der Waals surface area contributed by atoms with Crippen LogP contribution in [0.3, 0.4) is 0 Å². The third-order valence-corrected chi connectivity index (χ3v) is 5.35. The Morgan fingerprint density at radius 1 is 1.12 bits per heavy atom. The number of fused-ring (bicyclic) bond motifs is 1. The summed E-state index contributed by atoms with van der Waals surface area (Å²) in [5.41, 5.74) is 4.88. The van der Waals surface area contributed by atoms with Gasteiger partial charge in [-0.05, 0) is 48.1 Å². The van der Waals surface area contributed by atoms with E-state index in [1.807, 2.05) is 12.1 Å². The molecular weight excluding hydrogens is 324 g/mol. The molecule has 1 atom stereocenters. The molecule has 0 aromatic heterocycles. The Bertz CT molecular complexity index is 751. The summed E-state index contributed by atoms with van der Waals surface area (Å²) in [4.78, 5) is 14.7. The molecule has 2 aromatic rings. The van der Waals surface area contributed by atoms with Crippen molar-refractivity contribution in [3.63, 3.8) is 0 Å². The van der Waals surface area contributed by atoms with Gasteiger partial charge < -0.3 is 10.1 Å². The van der Waals surface area contributed by atoms with Gasteiger partial charge in [-0.25, -0.2) is 0 Å². The lowest BCUT2D eigenvalue weighted by Gasteiger charge is -2.28. The molecule has 0 saturated carbocycles. The van der Waals surface area contributed by atoms with Gasteiger partial charge in [0.15, 0.2) is 0 Å². The van der Waals surface area contributed by atoms with Crippen molar-refractivity contribution in [1.82, 2.24) is 10.2 Å². The first-order chi connectivity index (χ1) is 12.8.